The second-order valence-corrected chi connectivity index (χ2v) is 3.80. The Labute approximate surface area is 105 Å². The molecule has 94 valence electrons. The van der Waals surface area contributed by atoms with Crippen molar-refractivity contribution in [3.8, 4) is 11.4 Å². The minimum atomic E-state index is -0.469. The average molecular weight is 246 g/mol. The van der Waals surface area contributed by atoms with Gasteiger partial charge in [-0.3, -0.25) is 0 Å². The third-order valence-electron chi connectivity index (χ3n) is 2.61. The van der Waals surface area contributed by atoms with Crippen molar-refractivity contribution in [3.05, 3.63) is 41.7 Å². The van der Waals surface area contributed by atoms with E-state index >= 15 is 0 Å². The number of phenols is 1. The van der Waals surface area contributed by atoms with Crippen LogP contribution in [0.3, 0.4) is 0 Å². The number of hydrogen-bond donors (Lipinski definition) is 1. The Morgan fingerprint density at radius 1 is 1.44 bits per heavy atom. The molecular weight excluding hydrogens is 232 g/mol. The number of hydrogen-bond acceptors (Lipinski definition) is 4. The molecule has 0 atom stereocenters. The fourth-order valence-electron chi connectivity index (χ4n) is 1.72. The van der Waals surface area contributed by atoms with Gasteiger partial charge in [-0.15, -0.1) is 0 Å². The summed E-state index contributed by atoms with van der Waals surface area (Å²) in [4.78, 5) is 11.4. The molecule has 0 aliphatic carbocycles. The largest absolute Gasteiger partial charge is 0.508 e. The molecule has 5 heteroatoms. The highest BCUT2D eigenvalue weighted by atomic mass is 16.5. The Morgan fingerprint density at radius 2 is 2.22 bits per heavy atom. The molecule has 1 aromatic carbocycles. The zero-order chi connectivity index (χ0) is 13.1. The van der Waals surface area contributed by atoms with Crippen molar-refractivity contribution in [1.29, 1.82) is 0 Å². The average Bonchev–Trinajstić information content (AvgIpc) is 2.82. The maximum Gasteiger partial charge on any atom is 0.358 e. The maximum absolute atomic E-state index is 11.4. The fraction of sp³-hybridized carbons (Fsp3) is 0.231. The van der Waals surface area contributed by atoms with E-state index in [4.69, 9.17) is 0 Å². The van der Waals surface area contributed by atoms with Crippen LogP contribution in [0.2, 0.25) is 0 Å². The number of rotatable bonds is 3. The van der Waals surface area contributed by atoms with Crippen LogP contribution in [0.5, 0.6) is 5.75 Å². The van der Waals surface area contributed by atoms with Gasteiger partial charge in [-0.1, -0.05) is 13.0 Å². The first-order valence-electron chi connectivity index (χ1n) is 5.62. The molecule has 0 saturated heterocycles. The van der Waals surface area contributed by atoms with Gasteiger partial charge in [0.2, 0.25) is 0 Å². The number of nitrogens with zero attached hydrogens (tertiary/aromatic N) is 2. The summed E-state index contributed by atoms with van der Waals surface area (Å²) in [5, 5.41) is 13.7. The number of aryl methyl sites for hydroxylation is 1. The van der Waals surface area contributed by atoms with Crippen molar-refractivity contribution in [2.24, 2.45) is 0 Å². The number of carbonyl (C=O) groups is 1. The molecule has 0 aliphatic heterocycles. The van der Waals surface area contributed by atoms with Crippen LogP contribution < -0.4 is 0 Å². The Morgan fingerprint density at radius 3 is 2.83 bits per heavy atom. The van der Waals surface area contributed by atoms with Crippen molar-refractivity contribution in [2.45, 2.75) is 13.3 Å². The lowest BCUT2D eigenvalue weighted by molar-refractivity contribution is 0.0593. The standard InChI is InChI=1S/C13H14N2O3/c1-3-9-8-12(13(17)18-2)14-15(9)10-5-4-6-11(16)7-10/h4-8,16H,3H2,1-2H3. The van der Waals surface area contributed by atoms with Crippen LogP contribution in [0.15, 0.2) is 30.3 Å². The van der Waals surface area contributed by atoms with Gasteiger partial charge in [-0.05, 0) is 24.6 Å². The quantitative estimate of drug-likeness (QED) is 0.840. The van der Waals surface area contributed by atoms with Crippen molar-refractivity contribution >= 4 is 5.97 Å². The van der Waals surface area contributed by atoms with Crippen LogP contribution in [0.1, 0.15) is 23.1 Å². The second kappa shape index (κ2) is 4.91. The number of carbonyl (C=O) groups excluding carboxylic acids is 1. The van der Waals surface area contributed by atoms with E-state index in [1.807, 2.05) is 13.0 Å². The first kappa shape index (κ1) is 12.2. The normalized spacial score (nSPS) is 10.3. The summed E-state index contributed by atoms with van der Waals surface area (Å²) >= 11 is 0. The third kappa shape index (κ3) is 2.20. The molecule has 0 radical (unpaired) electrons. The number of esters is 1. The highest BCUT2D eigenvalue weighted by Gasteiger charge is 2.14. The Kier molecular flexibility index (Phi) is 3.32. The zero-order valence-corrected chi connectivity index (χ0v) is 10.3. The molecule has 0 unspecified atom stereocenters. The van der Waals surface area contributed by atoms with Crippen LogP contribution in [-0.4, -0.2) is 28.0 Å². The lowest BCUT2D eigenvalue weighted by Crippen LogP contribution is -2.05. The van der Waals surface area contributed by atoms with E-state index in [9.17, 15) is 9.90 Å². The number of aromatic hydroxyl groups is 1. The molecule has 1 heterocycles. The smallest absolute Gasteiger partial charge is 0.358 e. The van der Waals surface area contributed by atoms with Gasteiger partial charge in [0.25, 0.3) is 0 Å². The second-order valence-electron chi connectivity index (χ2n) is 3.80. The molecular formula is C13H14N2O3. The van der Waals surface area contributed by atoms with Gasteiger partial charge in [0, 0.05) is 11.8 Å². The molecule has 0 saturated carbocycles. The monoisotopic (exact) mass is 246 g/mol. The van der Waals surface area contributed by atoms with E-state index in [1.165, 1.54) is 7.11 Å². The summed E-state index contributed by atoms with van der Waals surface area (Å²) in [6, 6.07) is 8.40. The number of aromatic nitrogens is 2. The first-order chi connectivity index (χ1) is 8.65. The summed E-state index contributed by atoms with van der Waals surface area (Å²) in [5.41, 5.74) is 1.85. The van der Waals surface area contributed by atoms with Crippen molar-refractivity contribution < 1.29 is 14.6 Å². The maximum atomic E-state index is 11.4. The predicted octanol–water partition coefficient (Wildman–Crippen LogP) is 1.93. The first-order valence-corrected chi connectivity index (χ1v) is 5.62. The molecule has 0 amide bonds. The van der Waals surface area contributed by atoms with Crippen molar-refractivity contribution in [2.75, 3.05) is 7.11 Å². The van der Waals surface area contributed by atoms with Crippen LogP contribution >= 0.6 is 0 Å². The van der Waals surface area contributed by atoms with Crippen molar-refractivity contribution in [1.82, 2.24) is 9.78 Å². The lowest BCUT2D eigenvalue weighted by atomic mass is 10.2. The van der Waals surface area contributed by atoms with E-state index in [0.717, 1.165) is 12.1 Å². The summed E-state index contributed by atoms with van der Waals surface area (Å²) in [6.45, 7) is 1.97. The van der Waals surface area contributed by atoms with Crippen LogP contribution in [0.25, 0.3) is 5.69 Å². The number of phenolic OH excluding ortho intramolecular Hbond substituents is 1. The molecule has 2 rings (SSSR count). The zero-order valence-electron chi connectivity index (χ0n) is 10.3. The van der Waals surface area contributed by atoms with Gasteiger partial charge in [-0.25, -0.2) is 9.48 Å². The third-order valence-corrected chi connectivity index (χ3v) is 2.61. The van der Waals surface area contributed by atoms with Crippen LogP contribution in [-0.2, 0) is 11.2 Å². The fourth-order valence-corrected chi connectivity index (χ4v) is 1.72. The van der Waals surface area contributed by atoms with E-state index in [-0.39, 0.29) is 11.4 Å². The van der Waals surface area contributed by atoms with E-state index in [2.05, 4.69) is 9.84 Å². The van der Waals surface area contributed by atoms with Gasteiger partial charge in [0.1, 0.15) is 5.75 Å². The SMILES string of the molecule is CCc1cc(C(=O)OC)nn1-c1cccc(O)c1. The van der Waals surface area contributed by atoms with Gasteiger partial charge in [0.05, 0.1) is 12.8 Å². The summed E-state index contributed by atoms with van der Waals surface area (Å²) in [6.07, 6.45) is 0.722. The summed E-state index contributed by atoms with van der Waals surface area (Å²) in [5.74, 6) is -0.312. The molecule has 0 bridgehead atoms. The Hall–Kier alpha value is -2.30. The molecule has 2 aromatic rings. The molecule has 1 N–H and O–H groups in total. The van der Waals surface area contributed by atoms with Crippen molar-refractivity contribution in [3.63, 3.8) is 0 Å². The van der Waals surface area contributed by atoms with Crippen LogP contribution in [0, 0.1) is 0 Å². The predicted molar refractivity (Wildman–Crippen MR) is 65.9 cm³/mol. The Balaban J connectivity index is 2.50. The van der Waals surface area contributed by atoms with E-state index < -0.39 is 5.97 Å². The highest BCUT2D eigenvalue weighted by molar-refractivity contribution is 5.87. The highest BCUT2D eigenvalue weighted by Crippen LogP contribution is 2.18. The lowest BCUT2D eigenvalue weighted by Gasteiger charge is -2.05. The molecule has 0 aliphatic rings. The van der Waals surface area contributed by atoms with Crippen LogP contribution in [0.4, 0.5) is 0 Å². The summed E-state index contributed by atoms with van der Waals surface area (Å²) in [7, 11) is 1.32. The number of ether oxygens (including phenoxy) is 1. The molecule has 0 spiro atoms. The molecule has 1 aromatic heterocycles. The van der Waals surface area contributed by atoms with Gasteiger partial charge < -0.3 is 9.84 Å². The van der Waals surface area contributed by atoms with E-state index in [1.54, 1.807) is 28.9 Å². The minimum Gasteiger partial charge on any atom is -0.508 e. The summed E-state index contributed by atoms with van der Waals surface area (Å²) < 4.78 is 6.28. The molecule has 18 heavy (non-hydrogen) atoms. The molecule has 5 nitrogen and oxygen atoms in total. The number of methoxy groups -OCH3 is 1. The van der Waals surface area contributed by atoms with Gasteiger partial charge >= 0.3 is 5.97 Å². The van der Waals surface area contributed by atoms with Gasteiger partial charge in [-0.2, -0.15) is 5.10 Å². The number of benzene rings is 1. The van der Waals surface area contributed by atoms with E-state index in [0.29, 0.717) is 5.69 Å². The minimum absolute atomic E-state index is 0.157. The topological polar surface area (TPSA) is 64.3 Å². The Bertz CT molecular complexity index is 575. The molecule has 0 fully saturated rings. The van der Waals surface area contributed by atoms with Gasteiger partial charge in [0.15, 0.2) is 5.69 Å².